The first-order valence-corrected chi connectivity index (χ1v) is 8.78. The number of nitrogens with one attached hydrogen (secondary N) is 3. The van der Waals surface area contributed by atoms with Crippen molar-refractivity contribution in [2.75, 3.05) is 31.6 Å². The van der Waals surface area contributed by atoms with Crippen molar-refractivity contribution in [2.45, 2.75) is 25.4 Å². The molecule has 25 heavy (non-hydrogen) atoms. The molecule has 2 amide bonds. The number of ether oxygens (including phenoxy) is 1. The Morgan fingerprint density at radius 1 is 1.16 bits per heavy atom. The van der Waals surface area contributed by atoms with Crippen LogP contribution in [0.4, 0.5) is 10.1 Å². The van der Waals surface area contributed by atoms with Crippen LogP contribution < -0.4 is 16.0 Å². The second-order valence-electron chi connectivity index (χ2n) is 6.66. The first-order chi connectivity index (χ1) is 12.1. The van der Waals surface area contributed by atoms with Crippen LogP contribution in [0, 0.1) is 17.7 Å². The molecule has 1 aromatic rings. The van der Waals surface area contributed by atoms with E-state index in [-0.39, 0.29) is 35.6 Å². The quantitative estimate of drug-likeness (QED) is 0.748. The molecular weight excluding hydrogens is 325 g/mol. The Hall–Kier alpha value is -1.99. The lowest BCUT2D eigenvalue weighted by atomic mass is 9.89. The monoisotopic (exact) mass is 349 g/mol. The highest BCUT2D eigenvalue weighted by atomic mass is 19.1. The zero-order valence-corrected chi connectivity index (χ0v) is 14.1. The molecule has 3 rings (SSSR count). The summed E-state index contributed by atoms with van der Waals surface area (Å²) in [5.74, 6) is -1.07. The second kappa shape index (κ2) is 8.40. The molecule has 2 aliphatic heterocycles. The van der Waals surface area contributed by atoms with Crippen LogP contribution in [0.5, 0.6) is 0 Å². The molecule has 6 nitrogen and oxygen atoms in total. The highest BCUT2D eigenvalue weighted by molar-refractivity contribution is 5.93. The van der Waals surface area contributed by atoms with Gasteiger partial charge in [0.2, 0.25) is 11.8 Å². The third-order valence-electron chi connectivity index (χ3n) is 4.73. The van der Waals surface area contributed by atoms with E-state index in [0.29, 0.717) is 31.7 Å². The maximum atomic E-state index is 12.9. The Bertz CT molecular complexity index is 602. The molecule has 2 aliphatic rings. The fourth-order valence-corrected chi connectivity index (χ4v) is 3.28. The smallest absolute Gasteiger partial charge is 0.228 e. The minimum Gasteiger partial charge on any atom is -0.376 e. The van der Waals surface area contributed by atoms with E-state index < -0.39 is 0 Å². The maximum Gasteiger partial charge on any atom is 0.228 e. The Labute approximate surface area is 146 Å². The van der Waals surface area contributed by atoms with Crippen molar-refractivity contribution in [1.29, 1.82) is 0 Å². The SMILES string of the molecule is O=C(NCC1CCCO1)[C@@H]1CNC[C@H](C(=O)Nc2ccc(F)cc2)C1. The van der Waals surface area contributed by atoms with Crippen LogP contribution in [0.3, 0.4) is 0 Å². The van der Waals surface area contributed by atoms with Crippen LogP contribution in [0.2, 0.25) is 0 Å². The van der Waals surface area contributed by atoms with Gasteiger partial charge in [0, 0.05) is 31.9 Å². The molecule has 0 spiro atoms. The van der Waals surface area contributed by atoms with Gasteiger partial charge in [-0.05, 0) is 43.5 Å². The summed E-state index contributed by atoms with van der Waals surface area (Å²) in [6.07, 6.45) is 2.62. The molecule has 136 valence electrons. The maximum absolute atomic E-state index is 12.9. The molecule has 0 bridgehead atoms. The summed E-state index contributed by atoms with van der Waals surface area (Å²) in [5, 5.41) is 8.87. The van der Waals surface area contributed by atoms with Gasteiger partial charge in [-0.3, -0.25) is 9.59 Å². The van der Waals surface area contributed by atoms with E-state index in [1.807, 2.05) is 0 Å². The van der Waals surface area contributed by atoms with Crippen molar-refractivity contribution >= 4 is 17.5 Å². The zero-order chi connectivity index (χ0) is 17.6. The first-order valence-electron chi connectivity index (χ1n) is 8.78. The number of halogens is 1. The Morgan fingerprint density at radius 2 is 1.88 bits per heavy atom. The predicted octanol–water partition coefficient (Wildman–Crippen LogP) is 1.29. The largest absolute Gasteiger partial charge is 0.376 e. The number of hydrogen-bond acceptors (Lipinski definition) is 4. The lowest BCUT2D eigenvalue weighted by Crippen LogP contribution is -2.48. The normalized spacial score (nSPS) is 26.2. The number of carbonyl (C=O) groups excluding carboxylic acids is 2. The number of hydrogen-bond donors (Lipinski definition) is 3. The summed E-state index contributed by atoms with van der Waals surface area (Å²) in [6.45, 7) is 2.39. The van der Waals surface area contributed by atoms with Crippen molar-refractivity contribution < 1.29 is 18.7 Å². The lowest BCUT2D eigenvalue weighted by molar-refractivity contribution is -0.128. The summed E-state index contributed by atoms with van der Waals surface area (Å²) < 4.78 is 18.4. The van der Waals surface area contributed by atoms with Gasteiger partial charge >= 0.3 is 0 Å². The minimum atomic E-state index is -0.347. The number of benzene rings is 1. The first kappa shape index (κ1) is 17.8. The molecule has 3 atom stereocenters. The standard InChI is InChI=1S/C18H24FN3O3/c19-14-3-5-15(6-4-14)22-18(24)13-8-12(9-20-10-13)17(23)21-11-16-2-1-7-25-16/h3-6,12-13,16,20H,1-2,7-11H2,(H,21,23)(H,22,24)/t12-,13+,16?/m0/s1. The molecule has 0 saturated carbocycles. The van der Waals surface area contributed by atoms with Crippen molar-refractivity contribution in [3.05, 3.63) is 30.1 Å². The molecular formula is C18H24FN3O3. The lowest BCUT2D eigenvalue weighted by Gasteiger charge is -2.28. The van der Waals surface area contributed by atoms with Gasteiger partial charge in [0.25, 0.3) is 0 Å². The number of anilines is 1. The van der Waals surface area contributed by atoms with E-state index in [9.17, 15) is 14.0 Å². The number of carbonyl (C=O) groups is 2. The van der Waals surface area contributed by atoms with Crippen molar-refractivity contribution in [1.82, 2.24) is 10.6 Å². The highest BCUT2D eigenvalue weighted by Gasteiger charge is 2.31. The highest BCUT2D eigenvalue weighted by Crippen LogP contribution is 2.19. The average Bonchev–Trinajstić information content (AvgIpc) is 3.15. The van der Waals surface area contributed by atoms with Gasteiger partial charge in [-0.25, -0.2) is 4.39 Å². The van der Waals surface area contributed by atoms with Crippen molar-refractivity contribution in [2.24, 2.45) is 11.8 Å². The third kappa shape index (κ3) is 4.99. The number of piperidine rings is 1. The van der Waals surface area contributed by atoms with E-state index in [1.165, 1.54) is 24.3 Å². The molecule has 1 aromatic carbocycles. The molecule has 0 aliphatic carbocycles. The van der Waals surface area contributed by atoms with Crippen LogP contribution in [0.15, 0.2) is 24.3 Å². The number of rotatable bonds is 5. The Morgan fingerprint density at radius 3 is 2.56 bits per heavy atom. The van der Waals surface area contributed by atoms with E-state index in [2.05, 4.69) is 16.0 Å². The van der Waals surface area contributed by atoms with E-state index in [1.54, 1.807) is 0 Å². The molecule has 2 heterocycles. The fourth-order valence-electron chi connectivity index (χ4n) is 3.28. The van der Waals surface area contributed by atoms with E-state index in [0.717, 1.165) is 19.4 Å². The Kier molecular flexibility index (Phi) is 5.99. The Balaban J connectivity index is 1.48. The van der Waals surface area contributed by atoms with Gasteiger partial charge in [-0.15, -0.1) is 0 Å². The van der Waals surface area contributed by atoms with Crippen molar-refractivity contribution in [3.8, 4) is 0 Å². The van der Waals surface area contributed by atoms with Gasteiger partial charge in [-0.2, -0.15) is 0 Å². The van der Waals surface area contributed by atoms with Crippen LogP contribution in [0.25, 0.3) is 0 Å². The summed E-state index contributed by atoms with van der Waals surface area (Å²) in [5.41, 5.74) is 0.552. The van der Waals surface area contributed by atoms with E-state index >= 15 is 0 Å². The molecule has 2 fully saturated rings. The minimum absolute atomic E-state index is 0.0396. The molecule has 2 saturated heterocycles. The van der Waals surface area contributed by atoms with Crippen LogP contribution >= 0.6 is 0 Å². The molecule has 1 unspecified atom stereocenters. The average molecular weight is 349 g/mol. The van der Waals surface area contributed by atoms with Gasteiger partial charge in [0.1, 0.15) is 5.82 Å². The topological polar surface area (TPSA) is 79.5 Å². The van der Waals surface area contributed by atoms with E-state index in [4.69, 9.17) is 4.74 Å². The zero-order valence-electron chi connectivity index (χ0n) is 14.1. The summed E-state index contributed by atoms with van der Waals surface area (Å²) in [4.78, 5) is 24.7. The summed E-state index contributed by atoms with van der Waals surface area (Å²) in [7, 11) is 0. The van der Waals surface area contributed by atoms with Gasteiger partial charge in [-0.1, -0.05) is 0 Å². The van der Waals surface area contributed by atoms with Gasteiger partial charge in [0.05, 0.1) is 17.9 Å². The van der Waals surface area contributed by atoms with Gasteiger partial charge in [0.15, 0.2) is 0 Å². The van der Waals surface area contributed by atoms with Crippen molar-refractivity contribution in [3.63, 3.8) is 0 Å². The summed E-state index contributed by atoms with van der Waals surface area (Å²) >= 11 is 0. The fraction of sp³-hybridized carbons (Fsp3) is 0.556. The molecule has 3 N–H and O–H groups in total. The number of amides is 2. The second-order valence-corrected chi connectivity index (χ2v) is 6.66. The third-order valence-corrected chi connectivity index (χ3v) is 4.73. The van der Waals surface area contributed by atoms with Crippen LogP contribution in [0.1, 0.15) is 19.3 Å². The van der Waals surface area contributed by atoms with Crippen LogP contribution in [-0.2, 0) is 14.3 Å². The summed E-state index contributed by atoms with van der Waals surface area (Å²) in [6, 6.07) is 5.65. The molecule has 7 heteroatoms. The van der Waals surface area contributed by atoms with Gasteiger partial charge < -0.3 is 20.7 Å². The molecule has 0 radical (unpaired) electrons. The van der Waals surface area contributed by atoms with Crippen LogP contribution in [-0.4, -0.2) is 44.2 Å². The molecule has 0 aromatic heterocycles. The predicted molar refractivity (Wildman–Crippen MR) is 91.5 cm³/mol.